The Morgan fingerprint density at radius 1 is 1.37 bits per heavy atom. The van der Waals surface area contributed by atoms with Crippen molar-refractivity contribution in [2.24, 2.45) is 11.7 Å². The van der Waals surface area contributed by atoms with Crippen molar-refractivity contribution < 1.29 is 9.59 Å². The Labute approximate surface area is 161 Å². The first-order valence-corrected chi connectivity index (χ1v) is 9.93. The molecule has 1 saturated heterocycles. The number of hydrogen-bond donors (Lipinski definition) is 2. The predicted molar refractivity (Wildman–Crippen MR) is 102 cm³/mol. The predicted octanol–water partition coefficient (Wildman–Crippen LogP) is 2.51. The van der Waals surface area contributed by atoms with Crippen LogP contribution in [0.25, 0.3) is 10.6 Å². The van der Waals surface area contributed by atoms with Gasteiger partial charge in [-0.1, -0.05) is 18.3 Å². The molecule has 2 aliphatic rings. The molecule has 2 aromatic heterocycles. The van der Waals surface area contributed by atoms with Crippen molar-refractivity contribution in [3.63, 3.8) is 0 Å². The highest BCUT2D eigenvalue weighted by molar-refractivity contribution is 7.19. The van der Waals surface area contributed by atoms with Gasteiger partial charge in [-0.15, -0.1) is 0 Å². The summed E-state index contributed by atoms with van der Waals surface area (Å²) in [6.45, 7) is 4.61. The maximum atomic E-state index is 12.5. The minimum atomic E-state index is -0.546. The third-order valence-electron chi connectivity index (χ3n) is 5.20. The van der Waals surface area contributed by atoms with E-state index in [2.05, 4.69) is 22.2 Å². The Kier molecular flexibility index (Phi) is 4.55. The number of likely N-dealkylation sites (tertiary alicyclic amines) is 1. The van der Waals surface area contributed by atoms with Gasteiger partial charge in [-0.2, -0.15) is 0 Å². The fraction of sp³-hybridized carbons (Fsp3) is 0.500. The van der Waals surface area contributed by atoms with Crippen molar-refractivity contribution >= 4 is 28.4 Å². The molecule has 3 N–H and O–H groups in total. The van der Waals surface area contributed by atoms with Gasteiger partial charge in [0.25, 0.3) is 0 Å². The van der Waals surface area contributed by atoms with Crippen molar-refractivity contribution in [3.05, 3.63) is 23.8 Å². The third-order valence-corrected chi connectivity index (χ3v) is 6.30. The number of carbonyl (C=O) groups excluding carboxylic acids is 2. The minimum Gasteiger partial charge on any atom is -0.368 e. The van der Waals surface area contributed by atoms with E-state index in [1.165, 1.54) is 16.2 Å². The molecule has 2 fully saturated rings. The maximum absolute atomic E-state index is 12.5. The van der Waals surface area contributed by atoms with E-state index in [-0.39, 0.29) is 6.03 Å². The first-order valence-electron chi connectivity index (χ1n) is 9.11. The third kappa shape index (κ3) is 3.51. The van der Waals surface area contributed by atoms with Gasteiger partial charge in [0.1, 0.15) is 11.9 Å². The molecule has 3 unspecified atom stereocenters. The number of rotatable bonds is 4. The van der Waals surface area contributed by atoms with Crippen molar-refractivity contribution in [2.45, 2.75) is 45.1 Å². The molecular formula is C18H22N6O2S. The highest BCUT2D eigenvalue weighted by Gasteiger charge is 2.37. The number of thiazole rings is 1. The van der Waals surface area contributed by atoms with Crippen LogP contribution in [0.3, 0.4) is 0 Å². The number of nitrogens with two attached hydrogens (primary N) is 1. The lowest BCUT2D eigenvalue weighted by Crippen LogP contribution is -2.45. The molecule has 0 bridgehead atoms. The van der Waals surface area contributed by atoms with E-state index in [9.17, 15) is 9.59 Å². The number of nitrogens with zero attached hydrogens (tertiary/aromatic N) is 4. The second-order valence-corrected chi connectivity index (χ2v) is 8.24. The average Bonchev–Trinajstić information content (AvgIpc) is 3.04. The molecule has 1 aliphatic heterocycles. The monoisotopic (exact) mass is 386 g/mol. The molecule has 142 valence electrons. The summed E-state index contributed by atoms with van der Waals surface area (Å²) in [6, 6.07) is 0.981. The van der Waals surface area contributed by atoms with Crippen molar-refractivity contribution in [3.8, 4) is 10.6 Å². The number of nitrogens with one attached hydrogen (secondary N) is 1. The molecule has 4 rings (SSSR count). The van der Waals surface area contributed by atoms with Gasteiger partial charge in [0.15, 0.2) is 5.13 Å². The van der Waals surface area contributed by atoms with Gasteiger partial charge in [0, 0.05) is 18.7 Å². The van der Waals surface area contributed by atoms with Crippen LogP contribution < -0.4 is 11.1 Å². The molecule has 8 nitrogen and oxygen atoms in total. The number of amides is 3. The van der Waals surface area contributed by atoms with Crippen LogP contribution in [-0.2, 0) is 4.79 Å². The smallest absolute Gasteiger partial charge is 0.324 e. The Balaban J connectivity index is 1.52. The molecule has 0 aromatic carbocycles. The summed E-state index contributed by atoms with van der Waals surface area (Å²) in [5, 5.41) is 3.29. The summed E-state index contributed by atoms with van der Waals surface area (Å²) < 4.78 is 0. The van der Waals surface area contributed by atoms with Crippen molar-refractivity contribution in [2.75, 3.05) is 11.9 Å². The molecule has 0 radical (unpaired) electrons. The van der Waals surface area contributed by atoms with E-state index in [0.29, 0.717) is 29.9 Å². The van der Waals surface area contributed by atoms with Crippen LogP contribution >= 0.6 is 11.3 Å². The Bertz CT molecular complexity index is 898. The molecule has 1 aliphatic carbocycles. The molecule has 3 heterocycles. The van der Waals surface area contributed by atoms with Gasteiger partial charge in [0.2, 0.25) is 5.91 Å². The van der Waals surface area contributed by atoms with Crippen LogP contribution in [-0.4, -0.2) is 44.4 Å². The lowest BCUT2D eigenvalue weighted by atomic mass is 10.2. The Morgan fingerprint density at radius 3 is 2.85 bits per heavy atom. The summed E-state index contributed by atoms with van der Waals surface area (Å²) in [4.78, 5) is 40.0. The summed E-state index contributed by atoms with van der Waals surface area (Å²) in [6.07, 6.45) is 4.28. The lowest BCUT2D eigenvalue weighted by Gasteiger charge is -2.21. The molecule has 9 heteroatoms. The normalized spacial score (nSPS) is 24.1. The van der Waals surface area contributed by atoms with Gasteiger partial charge in [0.05, 0.1) is 16.3 Å². The Hall–Kier alpha value is -2.55. The van der Waals surface area contributed by atoms with Gasteiger partial charge in [-0.05, 0) is 38.2 Å². The largest absolute Gasteiger partial charge is 0.368 e. The number of hydrogen-bond acceptors (Lipinski definition) is 6. The zero-order valence-corrected chi connectivity index (χ0v) is 16.1. The average molecular weight is 386 g/mol. The van der Waals surface area contributed by atoms with E-state index >= 15 is 0 Å². The van der Waals surface area contributed by atoms with Gasteiger partial charge in [-0.3, -0.25) is 10.1 Å². The second-order valence-electron chi connectivity index (χ2n) is 7.24. The quantitative estimate of drug-likeness (QED) is 0.838. The van der Waals surface area contributed by atoms with E-state index < -0.39 is 11.9 Å². The van der Waals surface area contributed by atoms with Crippen LogP contribution in [0.1, 0.15) is 43.6 Å². The van der Waals surface area contributed by atoms with Crippen molar-refractivity contribution in [1.82, 2.24) is 19.9 Å². The zero-order chi connectivity index (χ0) is 19.1. The van der Waals surface area contributed by atoms with Crippen LogP contribution in [0.4, 0.5) is 9.93 Å². The first kappa shape index (κ1) is 17.8. The standard InChI is InChI=1S/C18H22N6O2S/c1-9-8-11(9)16-20-6-5-12(22-16)14-10(2)21-17(27-14)23-18(26)24-7-3-4-13(24)15(19)25/h5-6,9,11,13H,3-4,7-8H2,1-2H3,(H2,19,25)(H,21,23,26). The molecule has 27 heavy (non-hydrogen) atoms. The van der Waals surface area contributed by atoms with Gasteiger partial charge < -0.3 is 10.6 Å². The van der Waals surface area contributed by atoms with E-state index in [1.807, 2.05) is 13.0 Å². The van der Waals surface area contributed by atoms with Crippen LogP contribution in [0.5, 0.6) is 0 Å². The minimum absolute atomic E-state index is 0.341. The first-order chi connectivity index (χ1) is 12.9. The SMILES string of the molecule is Cc1nc(NC(=O)N2CCCC2C(N)=O)sc1-c1ccnc(C2CC2C)n1. The summed E-state index contributed by atoms with van der Waals surface area (Å²) in [5.74, 6) is 1.48. The van der Waals surface area contributed by atoms with E-state index in [1.54, 1.807) is 6.20 Å². The highest BCUT2D eigenvalue weighted by atomic mass is 32.1. The van der Waals surface area contributed by atoms with Crippen LogP contribution in [0.15, 0.2) is 12.3 Å². The van der Waals surface area contributed by atoms with Gasteiger partial charge >= 0.3 is 6.03 Å². The van der Waals surface area contributed by atoms with Gasteiger partial charge in [-0.25, -0.2) is 19.7 Å². The summed E-state index contributed by atoms with van der Waals surface area (Å²) in [7, 11) is 0. The second kappa shape index (κ2) is 6.88. The highest BCUT2D eigenvalue weighted by Crippen LogP contribution is 2.45. The van der Waals surface area contributed by atoms with E-state index in [4.69, 9.17) is 10.7 Å². The number of carbonyl (C=O) groups is 2. The number of aromatic nitrogens is 3. The number of aryl methyl sites for hydroxylation is 1. The summed E-state index contributed by atoms with van der Waals surface area (Å²) in [5.41, 5.74) is 7.02. The lowest BCUT2D eigenvalue weighted by molar-refractivity contribution is -0.121. The number of anilines is 1. The molecule has 0 spiro atoms. The fourth-order valence-corrected chi connectivity index (χ4v) is 4.44. The molecule has 3 amide bonds. The van der Waals surface area contributed by atoms with Crippen molar-refractivity contribution in [1.29, 1.82) is 0 Å². The van der Waals surface area contributed by atoms with Crippen LogP contribution in [0, 0.1) is 12.8 Å². The number of urea groups is 1. The Morgan fingerprint density at radius 2 is 2.15 bits per heavy atom. The molecule has 1 saturated carbocycles. The van der Waals surface area contributed by atoms with E-state index in [0.717, 1.165) is 34.9 Å². The van der Waals surface area contributed by atoms with Crippen LogP contribution in [0.2, 0.25) is 0 Å². The topological polar surface area (TPSA) is 114 Å². The molecule has 2 aromatic rings. The maximum Gasteiger partial charge on any atom is 0.324 e. The fourth-order valence-electron chi connectivity index (χ4n) is 3.52. The zero-order valence-electron chi connectivity index (χ0n) is 15.3. The molecular weight excluding hydrogens is 364 g/mol. The summed E-state index contributed by atoms with van der Waals surface area (Å²) >= 11 is 1.37. The molecule has 3 atom stereocenters. The number of primary amides is 1.